The lowest BCUT2D eigenvalue weighted by Crippen LogP contribution is -2.40. The van der Waals surface area contributed by atoms with Gasteiger partial charge in [-0.05, 0) is 48.4 Å². The average molecular weight is 389 g/mol. The Morgan fingerprint density at radius 1 is 1.04 bits per heavy atom. The van der Waals surface area contributed by atoms with Crippen molar-refractivity contribution in [2.24, 2.45) is 0 Å². The summed E-state index contributed by atoms with van der Waals surface area (Å²) in [6.07, 6.45) is 0.563. The summed E-state index contributed by atoms with van der Waals surface area (Å²) in [4.78, 5) is 14.3. The standard InChI is InChI=1S/C19H23N3O4S/c20-17-5-1-15(2-6-17)9-10-21-27(24,25)18-7-3-16(4-8-18)19(23)22-11-13-26-14-12-22/h1-8,21H,9-14,20H2. The molecule has 1 fully saturated rings. The Morgan fingerprint density at radius 3 is 2.30 bits per heavy atom. The van der Waals surface area contributed by atoms with E-state index in [4.69, 9.17) is 10.5 Å². The van der Waals surface area contributed by atoms with Crippen molar-refractivity contribution in [3.8, 4) is 0 Å². The topological polar surface area (TPSA) is 102 Å². The van der Waals surface area contributed by atoms with Gasteiger partial charge in [0, 0.05) is 30.9 Å². The van der Waals surface area contributed by atoms with E-state index in [0.29, 0.717) is 44.0 Å². The Hall–Kier alpha value is -2.42. The maximum absolute atomic E-state index is 12.4. The van der Waals surface area contributed by atoms with Crippen LogP contribution < -0.4 is 10.5 Å². The number of nitrogens with one attached hydrogen (secondary N) is 1. The smallest absolute Gasteiger partial charge is 0.254 e. The van der Waals surface area contributed by atoms with E-state index in [9.17, 15) is 13.2 Å². The molecule has 1 aliphatic heterocycles. The van der Waals surface area contributed by atoms with Crippen LogP contribution in [0.25, 0.3) is 0 Å². The first kappa shape index (κ1) is 19.3. The van der Waals surface area contributed by atoms with Crippen molar-refractivity contribution >= 4 is 21.6 Å². The zero-order valence-corrected chi connectivity index (χ0v) is 15.7. The number of carbonyl (C=O) groups is 1. The van der Waals surface area contributed by atoms with Gasteiger partial charge in [0.05, 0.1) is 18.1 Å². The fourth-order valence-corrected chi connectivity index (χ4v) is 3.85. The zero-order valence-electron chi connectivity index (χ0n) is 14.9. The summed E-state index contributed by atoms with van der Waals surface area (Å²) in [6, 6.07) is 13.3. The van der Waals surface area contributed by atoms with Crippen molar-refractivity contribution in [3.63, 3.8) is 0 Å². The lowest BCUT2D eigenvalue weighted by molar-refractivity contribution is 0.0303. The minimum absolute atomic E-state index is 0.112. The van der Waals surface area contributed by atoms with Gasteiger partial charge in [0.25, 0.3) is 5.91 Å². The first-order valence-electron chi connectivity index (χ1n) is 8.77. The van der Waals surface area contributed by atoms with Crippen molar-refractivity contribution in [1.29, 1.82) is 0 Å². The normalized spacial score (nSPS) is 14.9. The first-order chi connectivity index (χ1) is 13.0. The molecule has 8 heteroatoms. The third kappa shape index (κ3) is 5.06. The number of sulfonamides is 1. The second-order valence-electron chi connectivity index (χ2n) is 6.32. The molecule has 27 heavy (non-hydrogen) atoms. The summed E-state index contributed by atoms with van der Waals surface area (Å²) in [5, 5.41) is 0. The van der Waals surface area contributed by atoms with Crippen LogP contribution in [0.15, 0.2) is 53.4 Å². The van der Waals surface area contributed by atoms with Crippen LogP contribution >= 0.6 is 0 Å². The number of nitrogens with two attached hydrogens (primary N) is 1. The lowest BCUT2D eigenvalue weighted by Gasteiger charge is -2.26. The summed E-state index contributed by atoms with van der Waals surface area (Å²) < 4.78 is 32.6. The third-order valence-corrected chi connectivity index (χ3v) is 5.87. The summed E-state index contributed by atoms with van der Waals surface area (Å²) in [7, 11) is -3.63. The molecule has 1 amide bonds. The number of nitrogens with zero attached hydrogens (tertiary/aromatic N) is 1. The van der Waals surface area contributed by atoms with Crippen LogP contribution in [-0.4, -0.2) is 52.1 Å². The van der Waals surface area contributed by atoms with Gasteiger partial charge >= 0.3 is 0 Å². The van der Waals surface area contributed by atoms with Crippen molar-refractivity contribution in [2.75, 3.05) is 38.6 Å². The molecular formula is C19H23N3O4S. The van der Waals surface area contributed by atoms with Crippen LogP contribution in [0.2, 0.25) is 0 Å². The molecule has 1 heterocycles. The van der Waals surface area contributed by atoms with Gasteiger partial charge in [0.1, 0.15) is 0 Å². The molecule has 7 nitrogen and oxygen atoms in total. The van der Waals surface area contributed by atoms with E-state index < -0.39 is 10.0 Å². The van der Waals surface area contributed by atoms with Crippen LogP contribution in [0.4, 0.5) is 5.69 Å². The number of nitrogen functional groups attached to an aromatic ring is 1. The zero-order chi connectivity index (χ0) is 19.3. The molecule has 0 unspecified atom stereocenters. The molecule has 3 N–H and O–H groups in total. The highest BCUT2D eigenvalue weighted by Gasteiger charge is 2.20. The van der Waals surface area contributed by atoms with Gasteiger partial charge in [-0.2, -0.15) is 0 Å². The van der Waals surface area contributed by atoms with E-state index in [-0.39, 0.29) is 17.3 Å². The van der Waals surface area contributed by atoms with E-state index in [1.54, 1.807) is 29.2 Å². The van der Waals surface area contributed by atoms with E-state index in [1.165, 1.54) is 12.1 Å². The summed E-state index contributed by atoms with van der Waals surface area (Å²) in [5.74, 6) is -0.112. The number of hydrogen-bond donors (Lipinski definition) is 2. The predicted molar refractivity (Wildman–Crippen MR) is 103 cm³/mol. The molecular weight excluding hydrogens is 366 g/mol. The highest BCUT2D eigenvalue weighted by atomic mass is 32.2. The molecule has 0 saturated carbocycles. The van der Waals surface area contributed by atoms with Crippen molar-refractivity contribution < 1.29 is 17.9 Å². The van der Waals surface area contributed by atoms with Crippen LogP contribution in [0.5, 0.6) is 0 Å². The molecule has 0 aliphatic carbocycles. The molecule has 0 aromatic heterocycles. The fraction of sp³-hybridized carbons (Fsp3) is 0.316. The second kappa shape index (κ2) is 8.51. The molecule has 0 spiro atoms. The van der Waals surface area contributed by atoms with Crippen LogP contribution in [-0.2, 0) is 21.2 Å². The highest BCUT2D eigenvalue weighted by molar-refractivity contribution is 7.89. The highest BCUT2D eigenvalue weighted by Crippen LogP contribution is 2.13. The molecule has 0 bridgehead atoms. The molecule has 1 saturated heterocycles. The second-order valence-corrected chi connectivity index (χ2v) is 8.09. The summed E-state index contributed by atoms with van der Waals surface area (Å²) >= 11 is 0. The molecule has 0 atom stereocenters. The van der Waals surface area contributed by atoms with Crippen LogP contribution in [0, 0.1) is 0 Å². The number of benzene rings is 2. The minimum atomic E-state index is -3.63. The number of rotatable bonds is 6. The van der Waals surface area contributed by atoms with Crippen molar-refractivity contribution in [1.82, 2.24) is 9.62 Å². The van der Waals surface area contributed by atoms with Gasteiger partial charge in [0.15, 0.2) is 0 Å². The molecule has 2 aromatic carbocycles. The van der Waals surface area contributed by atoms with Gasteiger partial charge in [-0.15, -0.1) is 0 Å². The summed E-state index contributed by atoms with van der Waals surface area (Å²) in [5.41, 5.74) is 7.78. The Balaban J connectivity index is 1.59. The minimum Gasteiger partial charge on any atom is -0.399 e. The molecule has 0 radical (unpaired) electrons. The van der Waals surface area contributed by atoms with Gasteiger partial charge < -0.3 is 15.4 Å². The van der Waals surface area contributed by atoms with Gasteiger partial charge in [-0.1, -0.05) is 12.1 Å². The summed E-state index contributed by atoms with van der Waals surface area (Å²) in [6.45, 7) is 2.42. The maximum atomic E-state index is 12.4. The SMILES string of the molecule is Nc1ccc(CCNS(=O)(=O)c2ccc(C(=O)N3CCOCC3)cc2)cc1. The Bertz CT molecular complexity index is 874. The van der Waals surface area contributed by atoms with E-state index in [1.807, 2.05) is 12.1 Å². The largest absolute Gasteiger partial charge is 0.399 e. The Morgan fingerprint density at radius 2 is 1.67 bits per heavy atom. The van der Waals surface area contributed by atoms with Crippen molar-refractivity contribution in [3.05, 3.63) is 59.7 Å². The molecule has 2 aromatic rings. The number of hydrogen-bond acceptors (Lipinski definition) is 5. The monoisotopic (exact) mass is 389 g/mol. The van der Waals surface area contributed by atoms with E-state index in [0.717, 1.165) is 5.56 Å². The number of carbonyl (C=O) groups excluding carboxylic acids is 1. The van der Waals surface area contributed by atoms with Gasteiger partial charge in [-0.25, -0.2) is 13.1 Å². The molecule has 3 rings (SSSR count). The lowest BCUT2D eigenvalue weighted by atomic mass is 10.1. The number of amides is 1. The first-order valence-corrected chi connectivity index (χ1v) is 10.3. The Kier molecular flexibility index (Phi) is 6.10. The maximum Gasteiger partial charge on any atom is 0.254 e. The molecule has 144 valence electrons. The fourth-order valence-electron chi connectivity index (χ4n) is 2.82. The van der Waals surface area contributed by atoms with Crippen LogP contribution in [0.3, 0.4) is 0 Å². The average Bonchev–Trinajstić information content (AvgIpc) is 2.69. The van der Waals surface area contributed by atoms with E-state index >= 15 is 0 Å². The van der Waals surface area contributed by atoms with Gasteiger partial charge in [-0.3, -0.25) is 4.79 Å². The predicted octanol–water partition coefficient (Wildman–Crippen LogP) is 1.26. The number of morpholine rings is 1. The quantitative estimate of drug-likeness (QED) is 0.725. The van der Waals surface area contributed by atoms with Gasteiger partial charge in [0.2, 0.25) is 10.0 Å². The molecule has 1 aliphatic rings. The number of anilines is 1. The van der Waals surface area contributed by atoms with Crippen LogP contribution in [0.1, 0.15) is 15.9 Å². The Labute approximate surface area is 159 Å². The third-order valence-electron chi connectivity index (χ3n) is 4.40. The van der Waals surface area contributed by atoms with E-state index in [2.05, 4.69) is 4.72 Å². The number of ether oxygens (including phenoxy) is 1. The van der Waals surface area contributed by atoms with Crippen molar-refractivity contribution in [2.45, 2.75) is 11.3 Å².